The van der Waals surface area contributed by atoms with Crippen molar-refractivity contribution in [3.05, 3.63) is 84.0 Å². The van der Waals surface area contributed by atoms with Gasteiger partial charge in [0.1, 0.15) is 11.6 Å². The summed E-state index contributed by atoms with van der Waals surface area (Å²) < 4.78 is 7.07. The van der Waals surface area contributed by atoms with E-state index >= 15 is 0 Å². The van der Waals surface area contributed by atoms with Gasteiger partial charge in [-0.3, -0.25) is 14.4 Å². The SMILES string of the molecule is CC[C@@]12C=CCN(c3ccccc3)C(=O)[C@@H]1[C@H]1C(=O)N(CCCCO)C3C(=O)N(c4cc(C)ccc4C)CC=C[C@@]31O2. The van der Waals surface area contributed by atoms with Crippen molar-refractivity contribution in [2.24, 2.45) is 11.8 Å². The maximum atomic E-state index is 14.7. The third-order valence-electron chi connectivity index (χ3n) is 9.47. The number of hydrogen-bond acceptors (Lipinski definition) is 5. The van der Waals surface area contributed by atoms with E-state index in [1.54, 1.807) is 14.7 Å². The summed E-state index contributed by atoms with van der Waals surface area (Å²) in [7, 11) is 0. The molecule has 2 fully saturated rings. The van der Waals surface area contributed by atoms with E-state index < -0.39 is 29.1 Å². The summed E-state index contributed by atoms with van der Waals surface area (Å²) in [5.74, 6) is -2.29. The van der Waals surface area contributed by atoms with Gasteiger partial charge in [-0.25, -0.2) is 0 Å². The smallest absolute Gasteiger partial charge is 0.253 e. The van der Waals surface area contributed by atoms with Crippen LogP contribution in [-0.2, 0) is 19.1 Å². The monoisotopic (exact) mass is 569 g/mol. The van der Waals surface area contributed by atoms with E-state index in [0.717, 1.165) is 22.5 Å². The number of likely N-dealkylation sites (tertiary alicyclic amines) is 1. The maximum absolute atomic E-state index is 14.7. The van der Waals surface area contributed by atoms with E-state index in [9.17, 15) is 19.5 Å². The summed E-state index contributed by atoms with van der Waals surface area (Å²) >= 11 is 0. The number of rotatable bonds is 7. The van der Waals surface area contributed by atoms with Crippen LogP contribution in [0.3, 0.4) is 0 Å². The largest absolute Gasteiger partial charge is 0.396 e. The number of aliphatic hydroxyl groups excluding tert-OH is 1. The fraction of sp³-hybridized carbons (Fsp3) is 0.441. The van der Waals surface area contributed by atoms with Gasteiger partial charge in [0.15, 0.2) is 0 Å². The third kappa shape index (κ3) is 4.23. The summed E-state index contributed by atoms with van der Waals surface area (Å²) in [5, 5.41) is 9.49. The molecule has 8 nitrogen and oxygen atoms in total. The first-order chi connectivity index (χ1) is 20.3. The molecule has 1 unspecified atom stereocenters. The van der Waals surface area contributed by atoms with Crippen LogP contribution in [0.15, 0.2) is 72.8 Å². The van der Waals surface area contributed by atoms with Crippen molar-refractivity contribution < 1.29 is 24.2 Å². The molecule has 220 valence electrons. The molecule has 1 spiro atoms. The molecule has 0 aliphatic carbocycles. The number of benzene rings is 2. The van der Waals surface area contributed by atoms with Gasteiger partial charge in [0.2, 0.25) is 11.8 Å². The number of unbranched alkanes of at least 4 members (excludes halogenated alkanes) is 1. The second-order valence-electron chi connectivity index (χ2n) is 11.9. The first-order valence-electron chi connectivity index (χ1n) is 15.0. The molecule has 0 saturated carbocycles. The number of ether oxygens (including phenoxy) is 1. The average molecular weight is 570 g/mol. The second-order valence-corrected chi connectivity index (χ2v) is 11.9. The highest BCUT2D eigenvalue weighted by atomic mass is 16.5. The number of aliphatic hydroxyl groups is 1. The molecule has 2 aromatic rings. The van der Waals surface area contributed by atoms with Crippen molar-refractivity contribution in [2.75, 3.05) is 36.0 Å². The number of amides is 3. The van der Waals surface area contributed by atoms with Crippen LogP contribution in [0.5, 0.6) is 0 Å². The van der Waals surface area contributed by atoms with E-state index in [0.29, 0.717) is 38.9 Å². The Hall–Kier alpha value is -3.75. The van der Waals surface area contributed by atoms with Crippen LogP contribution in [0, 0.1) is 25.7 Å². The lowest BCUT2D eigenvalue weighted by Crippen LogP contribution is -2.56. The van der Waals surface area contributed by atoms with E-state index in [-0.39, 0.29) is 24.3 Å². The van der Waals surface area contributed by atoms with Gasteiger partial charge >= 0.3 is 0 Å². The van der Waals surface area contributed by atoms with Crippen LogP contribution in [0.4, 0.5) is 11.4 Å². The fourth-order valence-corrected chi connectivity index (χ4v) is 7.46. The first-order valence-corrected chi connectivity index (χ1v) is 15.0. The van der Waals surface area contributed by atoms with Gasteiger partial charge < -0.3 is 24.5 Å². The highest BCUT2D eigenvalue weighted by molar-refractivity contribution is 6.08. The Morgan fingerprint density at radius 3 is 2.36 bits per heavy atom. The van der Waals surface area contributed by atoms with Crippen LogP contribution in [-0.4, -0.2) is 71.2 Å². The summed E-state index contributed by atoms with van der Waals surface area (Å²) in [6.07, 6.45) is 9.26. The number of para-hydroxylation sites is 1. The fourth-order valence-electron chi connectivity index (χ4n) is 7.46. The maximum Gasteiger partial charge on any atom is 0.253 e. The molecule has 0 radical (unpaired) electrons. The average Bonchev–Trinajstić information content (AvgIpc) is 3.27. The van der Waals surface area contributed by atoms with Crippen LogP contribution >= 0.6 is 0 Å². The zero-order chi connectivity index (χ0) is 29.6. The number of anilines is 2. The molecule has 3 amide bonds. The van der Waals surface area contributed by atoms with E-state index in [1.807, 2.05) is 93.6 Å². The Morgan fingerprint density at radius 1 is 0.881 bits per heavy atom. The van der Waals surface area contributed by atoms with E-state index in [4.69, 9.17) is 4.74 Å². The topological polar surface area (TPSA) is 90.4 Å². The summed E-state index contributed by atoms with van der Waals surface area (Å²) in [6.45, 7) is 6.95. The molecular weight excluding hydrogens is 530 g/mol. The molecular formula is C34H39N3O5. The lowest BCUT2D eigenvalue weighted by molar-refractivity contribution is -0.145. The van der Waals surface area contributed by atoms with Gasteiger partial charge in [0.25, 0.3) is 5.91 Å². The zero-order valence-corrected chi connectivity index (χ0v) is 24.5. The molecule has 4 heterocycles. The predicted molar refractivity (Wildman–Crippen MR) is 161 cm³/mol. The van der Waals surface area contributed by atoms with Crippen molar-refractivity contribution in [1.82, 2.24) is 4.90 Å². The number of hydrogen-bond donors (Lipinski definition) is 1. The van der Waals surface area contributed by atoms with Gasteiger partial charge in [-0.05, 0) is 62.4 Å². The summed E-state index contributed by atoms with van der Waals surface area (Å²) in [5.41, 5.74) is 1.22. The van der Waals surface area contributed by atoms with Gasteiger partial charge in [-0.1, -0.05) is 61.6 Å². The minimum atomic E-state index is -1.31. The lowest BCUT2D eigenvalue weighted by Gasteiger charge is -2.38. The summed E-state index contributed by atoms with van der Waals surface area (Å²) in [6, 6.07) is 14.6. The molecule has 2 aromatic carbocycles. The number of fused-ring (bicyclic) bond motifs is 2. The highest BCUT2D eigenvalue weighted by Gasteiger charge is 2.75. The normalized spacial score (nSPS) is 30.3. The first kappa shape index (κ1) is 28.4. The van der Waals surface area contributed by atoms with Crippen molar-refractivity contribution >= 4 is 29.1 Å². The third-order valence-corrected chi connectivity index (χ3v) is 9.47. The van der Waals surface area contributed by atoms with E-state index in [1.165, 1.54) is 0 Å². The Labute approximate surface area is 247 Å². The molecule has 2 saturated heterocycles. The predicted octanol–water partition coefficient (Wildman–Crippen LogP) is 3.94. The zero-order valence-electron chi connectivity index (χ0n) is 24.5. The standard InChI is InChI=1S/C34H39N3O5/c1-4-33-16-10-19-35(25-12-6-5-7-13-25)30(39)27(33)28-31(40)37(18-8-9-21-38)29-32(41)36(20-11-17-34(28,29)42-33)26-22-23(2)14-15-24(26)3/h5-7,10-17,22,27-29,38H,4,8-9,18-21H2,1-3H3/t27-,28-,29?,33+,34-/m0/s1. The molecule has 8 heteroatoms. The van der Waals surface area contributed by atoms with Gasteiger partial charge in [-0.2, -0.15) is 0 Å². The van der Waals surface area contributed by atoms with Gasteiger partial charge in [0, 0.05) is 37.6 Å². The minimum Gasteiger partial charge on any atom is -0.396 e. The van der Waals surface area contributed by atoms with E-state index in [2.05, 4.69) is 0 Å². The van der Waals surface area contributed by atoms with Crippen molar-refractivity contribution in [1.29, 1.82) is 0 Å². The van der Waals surface area contributed by atoms with Crippen LogP contribution in [0.1, 0.15) is 37.3 Å². The molecule has 5 atom stereocenters. The van der Waals surface area contributed by atoms with Crippen LogP contribution < -0.4 is 9.80 Å². The molecule has 0 bridgehead atoms. The molecule has 42 heavy (non-hydrogen) atoms. The lowest BCUT2D eigenvalue weighted by atomic mass is 9.73. The number of nitrogens with zero attached hydrogens (tertiary/aromatic N) is 3. The van der Waals surface area contributed by atoms with Crippen molar-refractivity contribution in [2.45, 2.75) is 57.3 Å². The molecule has 4 aliphatic rings. The second kappa shape index (κ2) is 10.8. The highest BCUT2D eigenvalue weighted by Crippen LogP contribution is 2.59. The molecule has 0 aromatic heterocycles. The Balaban J connectivity index is 1.49. The Bertz CT molecular complexity index is 1450. The van der Waals surface area contributed by atoms with Gasteiger partial charge in [-0.15, -0.1) is 0 Å². The molecule has 6 rings (SSSR count). The van der Waals surface area contributed by atoms with Gasteiger partial charge in [0.05, 0.1) is 17.4 Å². The number of aryl methyl sites for hydroxylation is 2. The quantitative estimate of drug-likeness (QED) is 0.403. The number of carbonyl (C=O) groups is 3. The number of carbonyl (C=O) groups excluding carboxylic acids is 3. The van der Waals surface area contributed by atoms with Crippen molar-refractivity contribution in [3.63, 3.8) is 0 Å². The molecule has 4 aliphatic heterocycles. The Morgan fingerprint density at radius 2 is 1.62 bits per heavy atom. The minimum absolute atomic E-state index is 0.00286. The van der Waals surface area contributed by atoms with Crippen LogP contribution in [0.2, 0.25) is 0 Å². The van der Waals surface area contributed by atoms with Crippen LogP contribution in [0.25, 0.3) is 0 Å². The van der Waals surface area contributed by atoms with Crippen molar-refractivity contribution in [3.8, 4) is 0 Å². The molecule has 1 N–H and O–H groups in total. The summed E-state index contributed by atoms with van der Waals surface area (Å²) in [4.78, 5) is 48.9. The Kier molecular flexibility index (Phi) is 7.31.